The molecule has 1 N–H and O–H groups in total. The lowest BCUT2D eigenvalue weighted by Gasteiger charge is -1.95. The van der Waals surface area contributed by atoms with Crippen LogP contribution < -0.4 is 9.72 Å². The summed E-state index contributed by atoms with van der Waals surface area (Å²) in [4.78, 5) is 2.92. The zero-order chi connectivity index (χ0) is 6.53. The molecular weight excluding hydrogens is 114 g/mol. The van der Waals surface area contributed by atoms with Crippen molar-refractivity contribution in [1.82, 2.24) is 0 Å². The van der Waals surface area contributed by atoms with Crippen LogP contribution in [0.15, 0.2) is 24.5 Å². The third-order valence-electron chi connectivity index (χ3n) is 0.990. The van der Waals surface area contributed by atoms with Crippen LogP contribution >= 0.6 is 0 Å². The van der Waals surface area contributed by atoms with Gasteiger partial charge in [0.1, 0.15) is 0 Å². The molecule has 2 heteroatoms. The monoisotopic (exact) mass is 124 g/mol. The van der Waals surface area contributed by atoms with E-state index in [2.05, 4.69) is 4.98 Å². The molecule has 0 fully saturated rings. The second-order valence-electron chi connectivity index (χ2n) is 1.67. The Hall–Kier alpha value is -1.05. The van der Waals surface area contributed by atoms with Crippen molar-refractivity contribution >= 4 is 0 Å². The van der Waals surface area contributed by atoms with Crippen molar-refractivity contribution in [3.8, 4) is 5.75 Å². The van der Waals surface area contributed by atoms with Crippen LogP contribution in [0.5, 0.6) is 5.75 Å². The molecule has 9 heavy (non-hydrogen) atoms. The second-order valence-corrected chi connectivity index (χ2v) is 1.67. The van der Waals surface area contributed by atoms with E-state index in [4.69, 9.17) is 4.74 Å². The third kappa shape index (κ3) is 1.72. The van der Waals surface area contributed by atoms with E-state index in [0.29, 0.717) is 0 Å². The number of rotatable bonds is 2. The summed E-state index contributed by atoms with van der Waals surface area (Å²) in [5.41, 5.74) is 0. The van der Waals surface area contributed by atoms with E-state index in [9.17, 15) is 0 Å². The number of aromatic amines is 1. The average molecular weight is 124 g/mol. The normalized spacial score (nSPS) is 9.00. The van der Waals surface area contributed by atoms with E-state index < -0.39 is 0 Å². The van der Waals surface area contributed by atoms with Crippen molar-refractivity contribution < 1.29 is 9.72 Å². The molecule has 0 spiro atoms. The van der Waals surface area contributed by atoms with Crippen LogP contribution in [0.2, 0.25) is 0 Å². The van der Waals surface area contributed by atoms with Gasteiger partial charge in [-0.15, -0.1) is 0 Å². The van der Waals surface area contributed by atoms with Crippen LogP contribution in [0.3, 0.4) is 0 Å². The zero-order valence-electron chi connectivity index (χ0n) is 5.42. The van der Waals surface area contributed by atoms with Crippen LogP contribution in [0.25, 0.3) is 0 Å². The van der Waals surface area contributed by atoms with E-state index in [0.717, 1.165) is 12.4 Å². The van der Waals surface area contributed by atoms with Gasteiger partial charge in [-0.25, -0.2) is 4.98 Å². The molecule has 0 aliphatic carbocycles. The predicted molar refractivity (Wildman–Crippen MR) is 34.2 cm³/mol. The summed E-state index contributed by atoms with van der Waals surface area (Å²) < 4.78 is 5.17. The zero-order valence-corrected chi connectivity index (χ0v) is 5.42. The quantitative estimate of drug-likeness (QED) is 0.574. The fraction of sp³-hybridized carbons (Fsp3) is 0.286. The van der Waals surface area contributed by atoms with Gasteiger partial charge >= 0.3 is 0 Å². The van der Waals surface area contributed by atoms with Gasteiger partial charge in [-0.1, -0.05) is 0 Å². The van der Waals surface area contributed by atoms with Gasteiger partial charge < -0.3 is 4.74 Å². The van der Waals surface area contributed by atoms with Crippen molar-refractivity contribution in [2.24, 2.45) is 0 Å². The van der Waals surface area contributed by atoms with Gasteiger partial charge in [0.15, 0.2) is 11.9 Å². The molecule has 48 valence electrons. The summed E-state index contributed by atoms with van der Waals surface area (Å²) in [5.74, 6) is 0.889. The summed E-state index contributed by atoms with van der Waals surface area (Å²) in [6.07, 6.45) is 3.67. The van der Waals surface area contributed by atoms with Gasteiger partial charge in [0.2, 0.25) is 6.20 Å². The Morgan fingerprint density at radius 1 is 1.67 bits per heavy atom. The largest absolute Gasteiger partial charge is 0.488 e. The smallest absolute Gasteiger partial charge is 0.209 e. The Balaban J connectivity index is 2.61. The molecule has 2 nitrogen and oxygen atoms in total. The van der Waals surface area contributed by atoms with Crippen LogP contribution in [-0.2, 0) is 0 Å². The van der Waals surface area contributed by atoms with Gasteiger partial charge in [-0.05, 0) is 13.0 Å². The average Bonchev–Trinajstić information content (AvgIpc) is 1.91. The SMILES string of the molecule is CCOc1ccc[nH+]c1. The summed E-state index contributed by atoms with van der Waals surface area (Å²) in [5, 5.41) is 0. The Morgan fingerprint density at radius 2 is 2.56 bits per heavy atom. The molecule has 0 saturated carbocycles. The maximum absolute atomic E-state index is 5.17. The maximum atomic E-state index is 5.17. The molecule has 0 amide bonds. The van der Waals surface area contributed by atoms with E-state index in [1.165, 1.54) is 0 Å². The van der Waals surface area contributed by atoms with Crippen LogP contribution in [0.4, 0.5) is 0 Å². The molecule has 1 heterocycles. The number of hydrogen-bond acceptors (Lipinski definition) is 1. The van der Waals surface area contributed by atoms with Crippen molar-refractivity contribution in [2.75, 3.05) is 6.61 Å². The van der Waals surface area contributed by atoms with Crippen LogP contribution in [0.1, 0.15) is 6.92 Å². The Labute approximate surface area is 54.5 Å². The summed E-state index contributed by atoms with van der Waals surface area (Å²) in [6.45, 7) is 2.69. The molecule has 0 unspecified atom stereocenters. The molecule has 0 aliphatic rings. The Morgan fingerprint density at radius 3 is 3.11 bits per heavy atom. The maximum Gasteiger partial charge on any atom is 0.209 e. The van der Waals surface area contributed by atoms with Gasteiger partial charge in [0.25, 0.3) is 0 Å². The molecule has 0 aromatic carbocycles. The standard InChI is InChI=1S/C7H9NO/c1-2-9-7-4-3-5-8-6-7/h3-6H,2H2,1H3/p+1. The van der Waals surface area contributed by atoms with Crippen molar-refractivity contribution in [2.45, 2.75) is 6.92 Å². The van der Waals surface area contributed by atoms with Crippen LogP contribution in [-0.4, -0.2) is 6.61 Å². The van der Waals surface area contributed by atoms with Gasteiger partial charge in [0.05, 0.1) is 6.61 Å². The minimum absolute atomic E-state index is 0.720. The highest BCUT2D eigenvalue weighted by Crippen LogP contribution is 2.02. The van der Waals surface area contributed by atoms with Gasteiger partial charge in [-0.3, -0.25) is 0 Å². The van der Waals surface area contributed by atoms with E-state index in [1.54, 1.807) is 0 Å². The fourth-order valence-electron chi connectivity index (χ4n) is 0.633. The first-order valence-corrected chi connectivity index (χ1v) is 3.02. The fourth-order valence-corrected chi connectivity index (χ4v) is 0.633. The van der Waals surface area contributed by atoms with Crippen molar-refractivity contribution in [3.63, 3.8) is 0 Å². The number of ether oxygens (including phenoxy) is 1. The Bertz CT molecular complexity index is 162. The molecule has 0 saturated heterocycles. The third-order valence-corrected chi connectivity index (χ3v) is 0.990. The summed E-state index contributed by atoms with van der Waals surface area (Å²) >= 11 is 0. The van der Waals surface area contributed by atoms with E-state index >= 15 is 0 Å². The first-order valence-electron chi connectivity index (χ1n) is 3.02. The van der Waals surface area contributed by atoms with Crippen LogP contribution in [0, 0.1) is 0 Å². The first-order chi connectivity index (χ1) is 4.43. The molecule has 1 aromatic rings. The lowest BCUT2D eigenvalue weighted by Crippen LogP contribution is -2.00. The molecule has 0 radical (unpaired) electrons. The van der Waals surface area contributed by atoms with Crippen molar-refractivity contribution in [3.05, 3.63) is 24.5 Å². The number of H-pyrrole nitrogens is 1. The number of nitrogens with one attached hydrogen (secondary N) is 1. The molecular formula is C7H10NO+. The Kier molecular flexibility index (Phi) is 2.07. The highest BCUT2D eigenvalue weighted by Gasteiger charge is 1.89. The summed E-state index contributed by atoms with van der Waals surface area (Å²) in [6, 6.07) is 3.82. The second kappa shape index (κ2) is 3.07. The predicted octanol–water partition coefficient (Wildman–Crippen LogP) is 0.899. The number of hydrogen-bond donors (Lipinski definition) is 0. The molecule has 1 aromatic heterocycles. The highest BCUT2D eigenvalue weighted by molar-refractivity contribution is 5.11. The van der Waals surface area contributed by atoms with Gasteiger partial charge in [0, 0.05) is 6.07 Å². The first kappa shape index (κ1) is 6.08. The minimum atomic E-state index is 0.720. The van der Waals surface area contributed by atoms with Gasteiger partial charge in [-0.2, -0.15) is 0 Å². The molecule has 0 bridgehead atoms. The molecule has 1 rings (SSSR count). The van der Waals surface area contributed by atoms with Crippen molar-refractivity contribution in [1.29, 1.82) is 0 Å². The number of pyridine rings is 1. The van der Waals surface area contributed by atoms with E-state index in [-0.39, 0.29) is 0 Å². The van der Waals surface area contributed by atoms with E-state index in [1.807, 2.05) is 31.5 Å². The number of aromatic nitrogens is 1. The minimum Gasteiger partial charge on any atom is -0.488 e. The molecule has 0 atom stereocenters. The highest BCUT2D eigenvalue weighted by atomic mass is 16.5. The lowest BCUT2D eigenvalue weighted by molar-refractivity contribution is -0.379. The summed E-state index contributed by atoms with van der Waals surface area (Å²) in [7, 11) is 0. The topological polar surface area (TPSA) is 23.4 Å². The molecule has 0 aliphatic heterocycles. The lowest BCUT2D eigenvalue weighted by atomic mass is 10.5.